The Kier molecular flexibility index (Phi) is 3.86. The maximum Gasteiger partial charge on any atom is 0.419 e. The van der Waals surface area contributed by atoms with Gasteiger partial charge in [-0.2, -0.15) is 18.2 Å². The Hall–Kier alpha value is -1.81. The summed E-state index contributed by atoms with van der Waals surface area (Å²) in [5.74, 6) is -0.249. The summed E-state index contributed by atoms with van der Waals surface area (Å²) in [6.07, 6.45) is -0.336. The smallest absolute Gasteiger partial charge is 0.419 e. The maximum absolute atomic E-state index is 13.0. The number of carbonyl (C=O) groups excluding carboxylic acids is 1. The van der Waals surface area contributed by atoms with Crippen molar-refractivity contribution in [2.75, 3.05) is 7.11 Å². The van der Waals surface area contributed by atoms with Crippen molar-refractivity contribution in [2.45, 2.75) is 37.4 Å². The molecule has 0 radical (unpaired) electrons. The molecule has 1 saturated carbocycles. The lowest BCUT2D eigenvalue weighted by molar-refractivity contribution is -0.138. The highest BCUT2D eigenvalue weighted by Crippen LogP contribution is 2.48. The van der Waals surface area contributed by atoms with Gasteiger partial charge in [-0.25, -0.2) is 4.79 Å². The fraction of sp³-hybridized carbons (Fsp3) is 0.500. The van der Waals surface area contributed by atoms with Crippen molar-refractivity contribution < 1.29 is 22.7 Å². The molecular weight excluding hydrogens is 271 g/mol. The Balaban J connectivity index is 2.65. The molecule has 0 N–H and O–H groups in total. The van der Waals surface area contributed by atoms with Gasteiger partial charge in [0.05, 0.1) is 12.7 Å². The van der Waals surface area contributed by atoms with Crippen LogP contribution in [0, 0.1) is 0 Å². The Morgan fingerprint density at radius 2 is 1.95 bits per heavy atom. The molecule has 0 spiro atoms. The van der Waals surface area contributed by atoms with E-state index in [1.54, 1.807) is 6.07 Å². The van der Waals surface area contributed by atoms with E-state index in [9.17, 15) is 18.0 Å². The fourth-order valence-corrected chi connectivity index (χ4v) is 2.84. The monoisotopic (exact) mass is 285 g/mol. The van der Waals surface area contributed by atoms with Crippen molar-refractivity contribution in [2.24, 2.45) is 4.99 Å². The average molecular weight is 285 g/mol. The van der Waals surface area contributed by atoms with Crippen LogP contribution in [0.3, 0.4) is 0 Å². The topological polar surface area (TPSA) is 38.7 Å². The number of methoxy groups -OCH3 is 1. The lowest BCUT2D eigenvalue weighted by atomic mass is 9.87. The maximum atomic E-state index is 13.0. The average Bonchev–Trinajstić information content (AvgIpc) is 2.87. The van der Waals surface area contributed by atoms with E-state index in [0.717, 1.165) is 18.9 Å². The molecule has 0 unspecified atom stereocenters. The van der Waals surface area contributed by atoms with Crippen LogP contribution >= 0.6 is 0 Å². The first kappa shape index (κ1) is 14.6. The van der Waals surface area contributed by atoms with Crippen molar-refractivity contribution in [3.05, 3.63) is 29.3 Å². The second kappa shape index (κ2) is 5.29. The molecule has 2 rings (SSSR count). The van der Waals surface area contributed by atoms with Gasteiger partial charge in [0, 0.05) is 5.56 Å². The van der Waals surface area contributed by atoms with Crippen LogP contribution < -0.4 is 4.74 Å². The van der Waals surface area contributed by atoms with Gasteiger partial charge < -0.3 is 4.74 Å². The molecule has 0 saturated heterocycles. The molecule has 0 amide bonds. The molecule has 3 nitrogen and oxygen atoms in total. The number of rotatable bonds is 3. The molecule has 0 bridgehead atoms. The molecule has 20 heavy (non-hydrogen) atoms. The molecule has 0 atom stereocenters. The van der Waals surface area contributed by atoms with Crippen molar-refractivity contribution in [1.29, 1.82) is 0 Å². The van der Waals surface area contributed by atoms with E-state index in [0.29, 0.717) is 18.4 Å². The highest BCUT2D eigenvalue weighted by atomic mass is 19.4. The van der Waals surface area contributed by atoms with Crippen molar-refractivity contribution in [3.63, 3.8) is 0 Å². The number of hydrogen-bond acceptors (Lipinski definition) is 3. The lowest BCUT2D eigenvalue weighted by Gasteiger charge is -2.26. The van der Waals surface area contributed by atoms with Crippen LogP contribution in [0.2, 0.25) is 0 Å². The standard InChI is InChI=1S/C14H14F3NO2/c1-20-12-10(5-4-6-11(12)14(15,16)17)13(18-9-19)7-2-3-8-13/h4-6H,2-3,7-8H2,1H3. The van der Waals surface area contributed by atoms with Crippen LogP contribution in [0.15, 0.2) is 23.2 Å². The summed E-state index contributed by atoms with van der Waals surface area (Å²) in [5.41, 5.74) is -1.46. The first-order valence-corrected chi connectivity index (χ1v) is 6.28. The van der Waals surface area contributed by atoms with Gasteiger partial charge in [-0.15, -0.1) is 0 Å². The summed E-state index contributed by atoms with van der Waals surface area (Å²) in [7, 11) is 1.20. The molecule has 1 aromatic carbocycles. The largest absolute Gasteiger partial charge is 0.496 e. The molecule has 0 aliphatic heterocycles. The van der Waals surface area contributed by atoms with Crippen molar-refractivity contribution >= 4 is 6.08 Å². The molecule has 108 valence electrons. The quantitative estimate of drug-likeness (QED) is 0.625. The number of hydrogen-bond donors (Lipinski definition) is 0. The summed E-state index contributed by atoms with van der Waals surface area (Å²) in [6.45, 7) is 0. The molecular formula is C14H14F3NO2. The van der Waals surface area contributed by atoms with Crippen molar-refractivity contribution in [3.8, 4) is 5.75 Å². The minimum absolute atomic E-state index is 0.249. The zero-order valence-corrected chi connectivity index (χ0v) is 11.0. The summed E-state index contributed by atoms with van der Waals surface area (Å²) >= 11 is 0. The first-order chi connectivity index (χ1) is 9.44. The molecule has 0 heterocycles. The van der Waals surface area contributed by atoms with Crippen LogP contribution in [-0.2, 0) is 16.5 Å². The highest BCUT2D eigenvalue weighted by Gasteiger charge is 2.42. The van der Waals surface area contributed by atoms with Gasteiger partial charge in [0.25, 0.3) is 0 Å². The molecule has 6 heteroatoms. The van der Waals surface area contributed by atoms with Gasteiger partial charge in [-0.1, -0.05) is 25.0 Å². The third kappa shape index (κ3) is 2.43. The number of nitrogens with zero attached hydrogens (tertiary/aromatic N) is 1. The summed E-state index contributed by atoms with van der Waals surface area (Å²) in [6, 6.07) is 3.83. The van der Waals surface area contributed by atoms with Crippen LogP contribution in [-0.4, -0.2) is 13.2 Å². The Labute approximate surface area is 114 Å². The van der Waals surface area contributed by atoms with E-state index in [-0.39, 0.29) is 5.75 Å². The Morgan fingerprint density at radius 1 is 1.30 bits per heavy atom. The second-order valence-corrected chi connectivity index (χ2v) is 4.83. The second-order valence-electron chi connectivity index (χ2n) is 4.83. The summed E-state index contributed by atoms with van der Waals surface area (Å²) in [4.78, 5) is 14.5. The van der Waals surface area contributed by atoms with Gasteiger partial charge in [-0.05, 0) is 18.9 Å². The third-order valence-electron chi connectivity index (χ3n) is 3.72. The highest BCUT2D eigenvalue weighted by molar-refractivity contribution is 5.49. The third-order valence-corrected chi connectivity index (χ3v) is 3.72. The first-order valence-electron chi connectivity index (χ1n) is 6.28. The molecule has 1 fully saturated rings. The zero-order chi connectivity index (χ0) is 14.8. The predicted octanol–water partition coefficient (Wildman–Crippen LogP) is 3.82. The van der Waals surface area contributed by atoms with Crippen LogP contribution in [0.5, 0.6) is 5.75 Å². The predicted molar refractivity (Wildman–Crippen MR) is 66.3 cm³/mol. The molecule has 1 aromatic rings. The number of para-hydroxylation sites is 1. The number of aliphatic imine (C=N–C) groups is 1. The minimum atomic E-state index is -4.51. The van der Waals surface area contributed by atoms with E-state index in [2.05, 4.69) is 4.99 Å². The normalized spacial score (nSPS) is 17.6. The van der Waals surface area contributed by atoms with E-state index in [1.165, 1.54) is 19.3 Å². The number of alkyl halides is 3. The van der Waals surface area contributed by atoms with E-state index < -0.39 is 17.3 Å². The lowest BCUT2D eigenvalue weighted by Crippen LogP contribution is -2.21. The molecule has 0 aromatic heterocycles. The SMILES string of the molecule is COc1c(C(F)(F)F)cccc1C1(N=C=O)CCCC1. The fourth-order valence-electron chi connectivity index (χ4n) is 2.84. The number of isocyanates is 1. The van der Waals surface area contributed by atoms with Crippen LogP contribution in [0.4, 0.5) is 13.2 Å². The number of ether oxygens (including phenoxy) is 1. The van der Waals surface area contributed by atoms with E-state index in [4.69, 9.17) is 4.74 Å². The number of halogens is 3. The van der Waals surface area contributed by atoms with E-state index in [1.807, 2.05) is 0 Å². The minimum Gasteiger partial charge on any atom is -0.496 e. The molecule has 1 aliphatic carbocycles. The Bertz CT molecular complexity index is 542. The van der Waals surface area contributed by atoms with Crippen LogP contribution in [0.1, 0.15) is 36.8 Å². The van der Waals surface area contributed by atoms with Crippen molar-refractivity contribution in [1.82, 2.24) is 0 Å². The number of benzene rings is 1. The van der Waals surface area contributed by atoms with Gasteiger partial charge in [0.1, 0.15) is 11.3 Å². The van der Waals surface area contributed by atoms with Gasteiger partial charge in [0.2, 0.25) is 6.08 Å². The van der Waals surface area contributed by atoms with Gasteiger partial charge in [-0.3, -0.25) is 0 Å². The zero-order valence-electron chi connectivity index (χ0n) is 11.0. The molecule has 1 aliphatic rings. The van der Waals surface area contributed by atoms with Crippen LogP contribution in [0.25, 0.3) is 0 Å². The Morgan fingerprint density at radius 3 is 2.45 bits per heavy atom. The summed E-state index contributed by atoms with van der Waals surface area (Å²) < 4.78 is 44.1. The van der Waals surface area contributed by atoms with E-state index >= 15 is 0 Å². The summed E-state index contributed by atoms with van der Waals surface area (Å²) in [5, 5.41) is 0. The van der Waals surface area contributed by atoms with Gasteiger partial charge in [0.15, 0.2) is 0 Å². The van der Waals surface area contributed by atoms with Gasteiger partial charge >= 0.3 is 6.18 Å².